The summed E-state index contributed by atoms with van der Waals surface area (Å²) in [7, 11) is 0. The molecule has 0 amide bonds. The average molecular weight is 200 g/mol. The molecule has 0 saturated heterocycles. The van der Waals surface area contributed by atoms with Crippen molar-refractivity contribution in [2.45, 2.75) is 0 Å². The third-order valence-electron chi connectivity index (χ3n) is 1.48. The van der Waals surface area contributed by atoms with Crippen LogP contribution in [0.2, 0.25) is 0 Å². The molecule has 14 heavy (non-hydrogen) atoms. The zero-order valence-corrected chi connectivity index (χ0v) is 7.24. The van der Waals surface area contributed by atoms with Gasteiger partial charge in [0.2, 0.25) is 5.82 Å². The van der Waals surface area contributed by atoms with Crippen molar-refractivity contribution in [1.82, 2.24) is 4.98 Å². The summed E-state index contributed by atoms with van der Waals surface area (Å²) >= 11 is 0. The van der Waals surface area contributed by atoms with E-state index in [0.717, 1.165) is 0 Å². The molecule has 0 unspecified atom stereocenters. The molecule has 0 atom stereocenters. The number of nitro groups is 1. The van der Waals surface area contributed by atoms with Gasteiger partial charge in [0.15, 0.2) is 0 Å². The van der Waals surface area contributed by atoms with Gasteiger partial charge in [0, 0.05) is 12.6 Å². The Morgan fingerprint density at radius 2 is 2.36 bits per heavy atom. The maximum atomic E-state index is 11.8. The molecule has 1 heterocycles. The van der Waals surface area contributed by atoms with Crippen LogP contribution in [0.5, 0.6) is 0 Å². The first-order chi connectivity index (χ1) is 6.65. The Morgan fingerprint density at radius 1 is 1.64 bits per heavy atom. The van der Waals surface area contributed by atoms with Gasteiger partial charge in [0.1, 0.15) is 12.5 Å². The highest BCUT2D eigenvalue weighted by molar-refractivity contribution is 5.59. The van der Waals surface area contributed by atoms with Crippen LogP contribution in [0.15, 0.2) is 12.1 Å². The van der Waals surface area contributed by atoms with Crippen LogP contribution in [-0.2, 0) is 0 Å². The van der Waals surface area contributed by atoms with Crippen LogP contribution >= 0.6 is 0 Å². The summed E-state index contributed by atoms with van der Waals surface area (Å²) in [5.74, 6) is 0.143. The molecular weight excluding hydrogens is 191 g/mol. The average Bonchev–Trinajstić information content (AvgIpc) is 2.14. The Hall–Kier alpha value is -1.92. The fourth-order valence-corrected chi connectivity index (χ4v) is 0.910. The number of nitrogen functional groups attached to an aromatic ring is 1. The van der Waals surface area contributed by atoms with Crippen molar-refractivity contribution in [3.63, 3.8) is 0 Å². The van der Waals surface area contributed by atoms with Crippen LogP contribution in [0.3, 0.4) is 0 Å². The molecule has 0 aliphatic carbocycles. The van der Waals surface area contributed by atoms with Gasteiger partial charge in [0.05, 0.1) is 4.92 Å². The number of nitrogens with two attached hydrogens (primary N) is 1. The Labute approximate surface area is 79.1 Å². The second kappa shape index (κ2) is 4.35. The van der Waals surface area contributed by atoms with Crippen molar-refractivity contribution < 1.29 is 9.31 Å². The van der Waals surface area contributed by atoms with Gasteiger partial charge in [-0.15, -0.1) is 0 Å². The normalized spacial score (nSPS) is 9.79. The first-order valence-corrected chi connectivity index (χ1v) is 3.86. The summed E-state index contributed by atoms with van der Waals surface area (Å²) < 4.78 is 11.8. The third kappa shape index (κ3) is 2.28. The van der Waals surface area contributed by atoms with Crippen molar-refractivity contribution in [2.75, 3.05) is 24.3 Å². The SMILES string of the molecule is Nc1ccc([N+](=O)[O-])c(NCCF)n1. The Kier molecular flexibility index (Phi) is 3.16. The van der Waals surface area contributed by atoms with Crippen molar-refractivity contribution in [1.29, 1.82) is 0 Å². The highest BCUT2D eigenvalue weighted by Crippen LogP contribution is 2.22. The van der Waals surface area contributed by atoms with Crippen LogP contribution in [0.25, 0.3) is 0 Å². The first-order valence-electron chi connectivity index (χ1n) is 3.86. The van der Waals surface area contributed by atoms with E-state index in [1.807, 2.05) is 0 Å². The number of halogens is 1. The molecular formula is C7H9FN4O2. The van der Waals surface area contributed by atoms with Crippen molar-refractivity contribution >= 4 is 17.3 Å². The van der Waals surface area contributed by atoms with Gasteiger partial charge in [-0.25, -0.2) is 9.37 Å². The smallest absolute Gasteiger partial charge is 0.311 e. The molecule has 0 radical (unpaired) electrons. The number of aromatic nitrogens is 1. The summed E-state index contributed by atoms with van der Waals surface area (Å²) in [6.07, 6.45) is 0. The van der Waals surface area contributed by atoms with Crippen LogP contribution in [0.1, 0.15) is 0 Å². The highest BCUT2D eigenvalue weighted by Gasteiger charge is 2.14. The number of hydrogen-bond donors (Lipinski definition) is 2. The van der Waals surface area contributed by atoms with Gasteiger partial charge in [-0.2, -0.15) is 0 Å². The second-order valence-corrected chi connectivity index (χ2v) is 2.48. The van der Waals surface area contributed by atoms with Gasteiger partial charge < -0.3 is 11.1 Å². The molecule has 0 aromatic carbocycles. The first kappa shape index (κ1) is 10.2. The molecule has 0 fully saturated rings. The zero-order valence-electron chi connectivity index (χ0n) is 7.24. The summed E-state index contributed by atoms with van der Waals surface area (Å²) in [5.41, 5.74) is 5.12. The van der Waals surface area contributed by atoms with Crippen LogP contribution in [0.4, 0.5) is 21.7 Å². The Balaban J connectivity index is 2.97. The van der Waals surface area contributed by atoms with Crippen LogP contribution < -0.4 is 11.1 Å². The molecule has 0 bridgehead atoms. The lowest BCUT2D eigenvalue weighted by atomic mass is 10.3. The van der Waals surface area contributed by atoms with Gasteiger partial charge in [-0.3, -0.25) is 10.1 Å². The van der Waals surface area contributed by atoms with E-state index in [1.54, 1.807) is 0 Å². The Bertz CT molecular complexity index is 344. The standard InChI is InChI=1S/C7H9FN4O2/c8-3-4-10-7-5(12(13)14)1-2-6(9)11-7/h1-2H,3-4H2,(H3,9,10,11). The minimum absolute atomic E-state index is 0.00681. The van der Waals surface area contributed by atoms with E-state index in [4.69, 9.17) is 5.73 Å². The molecule has 1 rings (SSSR count). The summed E-state index contributed by atoms with van der Waals surface area (Å²) in [5, 5.41) is 13.0. The maximum absolute atomic E-state index is 11.8. The lowest BCUT2D eigenvalue weighted by Crippen LogP contribution is -2.08. The fourth-order valence-electron chi connectivity index (χ4n) is 0.910. The molecule has 0 saturated carbocycles. The number of alkyl halides is 1. The molecule has 6 nitrogen and oxygen atoms in total. The number of pyridine rings is 1. The lowest BCUT2D eigenvalue weighted by molar-refractivity contribution is -0.384. The third-order valence-corrected chi connectivity index (χ3v) is 1.48. The molecule has 0 aliphatic heterocycles. The topological polar surface area (TPSA) is 94.1 Å². The molecule has 7 heteroatoms. The molecule has 1 aromatic heterocycles. The van der Waals surface area contributed by atoms with Gasteiger partial charge >= 0.3 is 5.69 Å². The van der Waals surface area contributed by atoms with Crippen molar-refractivity contribution in [3.8, 4) is 0 Å². The monoisotopic (exact) mass is 200 g/mol. The van der Waals surface area contributed by atoms with Crippen LogP contribution in [0, 0.1) is 10.1 Å². The van der Waals surface area contributed by atoms with Crippen molar-refractivity contribution in [3.05, 3.63) is 22.2 Å². The number of nitrogens with one attached hydrogen (secondary N) is 1. The molecule has 76 valence electrons. The van der Waals surface area contributed by atoms with E-state index in [2.05, 4.69) is 10.3 Å². The summed E-state index contributed by atoms with van der Waals surface area (Å²) in [6.45, 7) is -0.662. The van der Waals surface area contributed by atoms with Crippen molar-refractivity contribution in [2.24, 2.45) is 0 Å². The summed E-state index contributed by atoms with van der Waals surface area (Å²) in [4.78, 5) is 13.6. The maximum Gasteiger partial charge on any atom is 0.311 e. The minimum atomic E-state index is -0.631. The molecule has 3 N–H and O–H groups in total. The molecule has 0 aliphatic rings. The number of anilines is 2. The predicted octanol–water partition coefficient (Wildman–Crippen LogP) is 0.953. The van der Waals surface area contributed by atoms with E-state index in [9.17, 15) is 14.5 Å². The summed E-state index contributed by atoms with van der Waals surface area (Å²) in [6, 6.07) is 2.54. The number of hydrogen-bond acceptors (Lipinski definition) is 5. The second-order valence-electron chi connectivity index (χ2n) is 2.48. The van der Waals surface area contributed by atoms with E-state index in [0.29, 0.717) is 0 Å². The number of rotatable bonds is 4. The highest BCUT2D eigenvalue weighted by atomic mass is 19.1. The van der Waals surface area contributed by atoms with E-state index < -0.39 is 11.6 Å². The Morgan fingerprint density at radius 3 is 2.93 bits per heavy atom. The lowest BCUT2D eigenvalue weighted by Gasteiger charge is -2.03. The van der Waals surface area contributed by atoms with Crippen LogP contribution in [-0.4, -0.2) is 23.1 Å². The number of nitrogens with zero attached hydrogens (tertiary/aromatic N) is 2. The van der Waals surface area contributed by atoms with E-state index >= 15 is 0 Å². The zero-order chi connectivity index (χ0) is 10.6. The van der Waals surface area contributed by atoms with Gasteiger partial charge in [-0.05, 0) is 6.07 Å². The molecule has 0 spiro atoms. The van der Waals surface area contributed by atoms with E-state index in [-0.39, 0.29) is 23.9 Å². The minimum Gasteiger partial charge on any atom is -0.384 e. The largest absolute Gasteiger partial charge is 0.384 e. The molecule has 1 aromatic rings. The fraction of sp³-hybridized carbons (Fsp3) is 0.286. The van der Waals surface area contributed by atoms with Gasteiger partial charge in [-0.1, -0.05) is 0 Å². The van der Waals surface area contributed by atoms with Gasteiger partial charge in [0.25, 0.3) is 0 Å². The predicted molar refractivity (Wildman–Crippen MR) is 49.8 cm³/mol. The van der Waals surface area contributed by atoms with E-state index in [1.165, 1.54) is 12.1 Å². The quantitative estimate of drug-likeness (QED) is 0.557.